The molecule has 0 heterocycles. The van der Waals surface area contributed by atoms with Crippen molar-refractivity contribution in [1.82, 2.24) is 10.2 Å². The Labute approximate surface area is 134 Å². The molecular weight excluding hydrogens is 288 g/mol. The van der Waals surface area contributed by atoms with E-state index in [1.54, 1.807) is 13.8 Å². The number of ether oxygens (including phenoxy) is 1. The Morgan fingerprint density at radius 1 is 1.19 bits per heavy atom. The number of likely N-dealkylation sites (N-methyl/N-ethyl adjacent to an activating group) is 1. The lowest BCUT2D eigenvalue weighted by Gasteiger charge is -2.26. The molecular formula is C16H27ClN2O2. The number of para-hydroxylation sites is 1. The number of benzene rings is 1. The van der Waals surface area contributed by atoms with Crippen molar-refractivity contribution in [2.75, 3.05) is 26.2 Å². The summed E-state index contributed by atoms with van der Waals surface area (Å²) in [5, 5.41) is 2.94. The molecule has 5 heteroatoms. The van der Waals surface area contributed by atoms with Crippen LogP contribution in [0.15, 0.2) is 30.3 Å². The lowest BCUT2D eigenvalue weighted by atomic mass is 10.1. The minimum atomic E-state index is -0.870. The minimum Gasteiger partial charge on any atom is -0.478 e. The molecule has 0 aromatic heterocycles. The molecule has 4 nitrogen and oxygen atoms in total. The highest BCUT2D eigenvalue weighted by molar-refractivity contribution is 5.85. The molecule has 0 aliphatic carbocycles. The summed E-state index contributed by atoms with van der Waals surface area (Å²) in [5.74, 6) is 0.616. The molecule has 21 heavy (non-hydrogen) atoms. The fourth-order valence-corrected chi connectivity index (χ4v) is 1.91. The number of hydrogen-bond donors (Lipinski definition) is 1. The van der Waals surface area contributed by atoms with Gasteiger partial charge in [0.1, 0.15) is 5.75 Å². The van der Waals surface area contributed by atoms with Crippen LogP contribution < -0.4 is 10.1 Å². The lowest BCUT2D eigenvalue weighted by Crippen LogP contribution is -2.48. The second-order valence-electron chi connectivity index (χ2n) is 5.21. The van der Waals surface area contributed by atoms with Crippen LogP contribution in [0.2, 0.25) is 0 Å². The van der Waals surface area contributed by atoms with Gasteiger partial charge in [-0.05, 0) is 39.1 Å². The normalized spacial score (nSPS) is 10.9. The molecule has 1 aromatic carbocycles. The number of halogens is 1. The molecule has 0 spiro atoms. The zero-order valence-electron chi connectivity index (χ0n) is 13.4. The molecule has 0 atom stereocenters. The van der Waals surface area contributed by atoms with Crippen molar-refractivity contribution < 1.29 is 9.53 Å². The number of nitrogens with one attached hydrogen (secondary N) is 1. The summed E-state index contributed by atoms with van der Waals surface area (Å²) in [6.07, 6.45) is 0. The van der Waals surface area contributed by atoms with Gasteiger partial charge >= 0.3 is 0 Å². The van der Waals surface area contributed by atoms with Gasteiger partial charge in [0.05, 0.1) is 0 Å². The van der Waals surface area contributed by atoms with Gasteiger partial charge in [-0.15, -0.1) is 12.4 Å². The Balaban J connectivity index is 0.00000400. The third-order valence-corrected chi connectivity index (χ3v) is 3.27. The summed E-state index contributed by atoms with van der Waals surface area (Å²) in [7, 11) is 0. The van der Waals surface area contributed by atoms with E-state index in [2.05, 4.69) is 24.1 Å². The van der Waals surface area contributed by atoms with Gasteiger partial charge in [0.25, 0.3) is 5.91 Å². The average molecular weight is 315 g/mol. The summed E-state index contributed by atoms with van der Waals surface area (Å²) in [5.41, 5.74) is -0.870. The third-order valence-electron chi connectivity index (χ3n) is 3.27. The number of carbonyl (C=O) groups excluding carboxylic acids is 1. The number of nitrogens with zero attached hydrogens (tertiary/aromatic N) is 1. The number of rotatable bonds is 8. The molecule has 1 rings (SSSR count). The summed E-state index contributed by atoms with van der Waals surface area (Å²) in [4.78, 5) is 14.4. The molecule has 0 unspecified atom stereocenters. The topological polar surface area (TPSA) is 41.6 Å². The monoisotopic (exact) mass is 314 g/mol. The van der Waals surface area contributed by atoms with Gasteiger partial charge in [0.15, 0.2) is 5.60 Å². The number of carbonyl (C=O) groups is 1. The smallest absolute Gasteiger partial charge is 0.263 e. The maximum atomic E-state index is 12.2. The zero-order valence-corrected chi connectivity index (χ0v) is 14.2. The summed E-state index contributed by atoms with van der Waals surface area (Å²) in [6, 6.07) is 9.41. The zero-order chi connectivity index (χ0) is 15.0. The number of hydrogen-bond acceptors (Lipinski definition) is 3. The largest absolute Gasteiger partial charge is 0.478 e. The Bertz CT molecular complexity index is 406. The van der Waals surface area contributed by atoms with Gasteiger partial charge in [-0.1, -0.05) is 32.0 Å². The fraction of sp³-hybridized carbons (Fsp3) is 0.562. The molecule has 1 amide bonds. The van der Waals surface area contributed by atoms with Crippen LogP contribution in [0.5, 0.6) is 5.75 Å². The number of amides is 1. The molecule has 0 bridgehead atoms. The molecule has 0 fully saturated rings. The van der Waals surface area contributed by atoms with E-state index in [0.29, 0.717) is 12.3 Å². The van der Waals surface area contributed by atoms with Crippen molar-refractivity contribution in [3.63, 3.8) is 0 Å². The van der Waals surface area contributed by atoms with Crippen LogP contribution >= 0.6 is 12.4 Å². The van der Waals surface area contributed by atoms with Crippen LogP contribution in [-0.2, 0) is 4.79 Å². The maximum Gasteiger partial charge on any atom is 0.263 e. The highest BCUT2D eigenvalue weighted by atomic mass is 35.5. The van der Waals surface area contributed by atoms with Gasteiger partial charge in [-0.3, -0.25) is 4.79 Å². The first kappa shape index (κ1) is 19.7. The fourth-order valence-electron chi connectivity index (χ4n) is 1.91. The first-order chi connectivity index (χ1) is 9.49. The minimum absolute atomic E-state index is 0. The first-order valence-electron chi connectivity index (χ1n) is 7.24. The van der Waals surface area contributed by atoms with Gasteiger partial charge in [0, 0.05) is 13.1 Å². The van der Waals surface area contributed by atoms with E-state index in [1.807, 2.05) is 30.3 Å². The van der Waals surface area contributed by atoms with Gasteiger partial charge < -0.3 is 15.0 Å². The van der Waals surface area contributed by atoms with Crippen LogP contribution in [0.3, 0.4) is 0 Å². The maximum absolute atomic E-state index is 12.2. The van der Waals surface area contributed by atoms with Gasteiger partial charge in [-0.25, -0.2) is 0 Å². The van der Waals surface area contributed by atoms with Crippen molar-refractivity contribution >= 4 is 18.3 Å². The van der Waals surface area contributed by atoms with Gasteiger partial charge in [-0.2, -0.15) is 0 Å². The van der Waals surface area contributed by atoms with Crippen molar-refractivity contribution in [3.05, 3.63) is 30.3 Å². The van der Waals surface area contributed by atoms with Crippen LogP contribution in [0, 0.1) is 0 Å². The van der Waals surface area contributed by atoms with Crippen LogP contribution in [0.25, 0.3) is 0 Å². The summed E-state index contributed by atoms with van der Waals surface area (Å²) in [6.45, 7) is 11.3. The predicted molar refractivity (Wildman–Crippen MR) is 89.2 cm³/mol. The van der Waals surface area contributed by atoms with Gasteiger partial charge in [0.2, 0.25) is 0 Å². The second kappa shape index (κ2) is 9.64. The standard InChI is InChI=1S/C16H26N2O2.ClH/c1-5-18(6-2)13-12-17-15(19)16(3,4)20-14-10-8-7-9-11-14;/h7-11H,5-6,12-13H2,1-4H3,(H,17,19);1H. The Morgan fingerprint density at radius 3 is 2.29 bits per heavy atom. The first-order valence-corrected chi connectivity index (χ1v) is 7.24. The Hall–Kier alpha value is -1.26. The van der Waals surface area contributed by atoms with E-state index < -0.39 is 5.60 Å². The summed E-state index contributed by atoms with van der Waals surface area (Å²) < 4.78 is 5.75. The molecule has 0 saturated carbocycles. The van der Waals surface area contributed by atoms with E-state index in [1.165, 1.54) is 0 Å². The highest BCUT2D eigenvalue weighted by Gasteiger charge is 2.29. The van der Waals surface area contributed by atoms with E-state index in [4.69, 9.17) is 4.74 Å². The van der Waals surface area contributed by atoms with E-state index >= 15 is 0 Å². The summed E-state index contributed by atoms with van der Waals surface area (Å²) >= 11 is 0. The molecule has 120 valence electrons. The SMILES string of the molecule is CCN(CC)CCNC(=O)C(C)(C)Oc1ccccc1.Cl. The average Bonchev–Trinajstić information content (AvgIpc) is 2.44. The van der Waals surface area contributed by atoms with Crippen LogP contribution in [0.1, 0.15) is 27.7 Å². The second-order valence-corrected chi connectivity index (χ2v) is 5.21. The Kier molecular flexibility index (Phi) is 9.06. The van der Waals surface area contributed by atoms with Crippen LogP contribution in [0.4, 0.5) is 0 Å². The van der Waals surface area contributed by atoms with E-state index in [-0.39, 0.29) is 18.3 Å². The van der Waals surface area contributed by atoms with Crippen molar-refractivity contribution in [2.24, 2.45) is 0 Å². The van der Waals surface area contributed by atoms with E-state index in [0.717, 1.165) is 19.6 Å². The van der Waals surface area contributed by atoms with E-state index in [9.17, 15) is 4.79 Å². The predicted octanol–water partition coefficient (Wildman–Crippen LogP) is 2.72. The van der Waals surface area contributed by atoms with Crippen LogP contribution in [-0.4, -0.2) is 42.6 Å². The molecule has 0 aliphatic rings. The quantitative estimate of drug-likeness (QED) is 0.802. The molecule has 0 radical (unpaired) electrons. The molecule has 0 aliphatic heterocycles. The van der Waals surface area contributed by atoms with Crippen molar-refractivity contribution in [3.8, 4) is 5.75 Å². The molecule has 1 aromatic rings. The Morgan fingerprint density at radius 2 is 1.76 bits per heavy atom. The highest BCUT2D eigenvalue weighted by Crippen LogP contribution is 2.17. The lowest BCUT2D eigenvalue weighted by molar-refractivity contribution is -0.134. The van der Waals surface area contributed by atoms with Crippen molar-refractivity contribution in [1.29, 1.82) is 0 Å². The van der Waals surface area contributed by atoms with Crippen molar-refractivity contribution in [2.45, 2.75) is 33.3 Å². The molecule has 0 saturated heterocycles. The molecule has 1 N–H and O–H groups in total. The third kappa shape index (κ3) is 6.82.